The van der Waals surface area contributed by atoms with Crippen molar-refractivity contribution in [2.45, 2.75) is 32.6 Å². The molecule has 1 aromatic heterocycles. The largest absolute Gasteiger partial charge is 0.356 e. The average molecular weight is 356 g/mol. The summed E-state index contributed by atoms with van der Waals surface area (Å²) >= 11 is 0. The Hall–Kier alpha value is -2.60. The second kappa shape index (κ2) is 6.37. The molecule has 0 bridgehead atoms. The van der Waals surface area contributed by atoms with Crippen LogP contribution >= 0.6 is 0 Å². The lowest BCUT2D eigenvalue weighted by molar-refractivity contribution is 0.427. The van der Waals surface area contributed by atoms with Crippen LogP contribution in [0.5, 0.6) is 0 Å². The van der Waals surface area contributed by atoms with Gasteiger partial charge in [0.1, 0.15) is 0 Å². The molecule has 0 unspecified atom stereocenters. The monoisotopic (exact) mass is 356 g/mol. The molecule has 6 heteroatoms. The number of aryl methyl sites for hydroxylation is 4. The fraction of sp³-hybridized carbons (Fsp3) is 0.211. The van der Waals surface area contributed by atoms with Crippen molar-refractivity contribution in [3.63, 3.8) is 0 Å². The highest BCUT2D eigenvalue weighted by Gasteiger charge is 2.19. The van der Waals surface area contributed by atoms with Crippen LogP contribution < -0.4 is 4.72 Å². The number of rotatable bonds is 4. The third-order valence-corrected chi connectivity index (χ3v) is 5.67. The Kier molecular flexibility index (Phi) is 4.39. The molecule has 0 atom stereocenters. The van der Waals surface area contributed by atoms with Crippen LogP contribution in [0.1, 0.15) is 22.4 Å². The van der Waals surface area contributed by atoms with Gasteiger partial charge in [-0.2, -0.15) is 0 Å². The summed E-state index contributed by atoms with van der Waals surface area (Å²) in [6, 6.07) is 12.5. The van der Waals surface area contributed by atoms with Crippen molar-refractivity contribution in [3.8, 4) is 11.3 Å². The molecule has 1 N–H and O–H groups in total. The van der Waals surface area contributed by atoms with Gasteiger partial charge < -0.3 is 4.52 Å². The Bertz CT molecular complexity index is 1040. The highest BCUT2D eigenvalue weighted by molar-refractivity contribution is 7.92. The van der Waals surface area contributed by atoms with Crippen molar-refractivity contribution >= 4 is 15.7 Å². The molecule has 0 aliphatic heterocycles. The Balaban J connectivity index is 2.00. The molecule has 0 saturated carbocycles. The van der Waals surface area contributed by atoms with Gasteiger partial charge in [-0.25, -0.2) is 8.42 Å². The lowest BCUT2D eigenvalue weighted by atomic mass is 10.1. The van der Waals surface area contributed by atoms with Gasteiger partial charge in [0.25, 0.3) is 10.0 Å². The fourth-order valence-corrected chi connectivity index (χ4v) is 3.88. The maximum absolute atomic E-state index is 12.9. The molecule has 0 aliphatic carbocycles. The van der Waals surface area contributed by atoms with Gasteiger partial charge in [-0.1, -0.05) is 23.4 Å². The third-order valence-electron chi connectivity index (χ3n) is 4.15. The van der Waals surface area contributed by atoms with E-state index in [-0.39, 0.29) is 4.90 Å². The Morgan fingerprint density at radius 1 is 0.880 bits per heavy atom. The lowest BCUT2D eigenvalue weighted by Crippen LogP contribution is -2.14. The van der Waals surface area contributed by atoms with Crippen LogP contribution in [0.3, 0.4) is 0 Å². The highest BCUT2D eigenvalue weighted by Crippen LogP contribution is 2.27. The summed E-state index contributed by atoms with van der Waals surface area (Å²) in [7, 11) is -3.71. The van der Waals surface area contributed by atoms with E-state index in [4.69, 9.17) is 4.52 Å². The van der Waals surface area contributed by atoms with Gasteiger partial charge in [-0.15, -0.1) is 0 Å². The first-order chi connectivity index (χ1) is 11.8. The van der Waals surface area contributed by atoms with E-state index in [9.17, 15) is 8.42 Å². The second-order valence-electron chi connectivity index (χ2n) is 6.22. The van der Waals surface area contributed by atoms with Crippen LogP contribution in [0, 0.1) is 27.7 Å². The Morgan fingerprint density at radius 2 is 1.60 bits per heavy atom. The van der Waals surface area contributed by atoms with E-state index in [0.29, 0.717) is 22.6 Å². The maximum Gasteiger partial charge on any atom is 0.262 e. The van der Waals surface area contributed by atoms with E-state index >= 15 is 0 Å². The number of aromatic nitrogens is 1. The molecule has 0 amide bonds. The molecule has 130 valence electrons. The van der Waals surface area contributed by atoms with Gasteiger partial charge >= 0.3 is 0 Å². The maximum atomic E-state index is 12.9. The summed E-state index contributed by atoms with van der Waals surface area (Å²) in [6.07, 6.45) is 0. The quantitative estimate of drug-likeness (QED) is 0.753. The fourth-order valence-electron chi connectivity index (χ4n) is 2.56. The highest BCUT2D eigenvalue weighted by atomic mass is 32.2. The summed E-state index contributed by atoms with van der Waals surface area (Å²) < 4.78 is 33.6. The standard InChI is InChI=1S/C19H20N2O3S/c1-12-6-8-17(9-14(12)3)21-25(22,23)19-11-16(7-5-13(19)2)18-10-15(4)20-24-18/h5-11,21H,1-4H3. The van der Waals surface area contributed by atoms with Gasteiger partial charge in [0, 0.05) is 17.3 Å². The molecule has 25 heavy (non-hydrogen) atoms. The molecule has 3 aromatic rings. The smallest absolute Gasteiger partial charge is 0.262 e. The normalized spacial score (nSPS) is 11.5. The zero-order valence-electron chi connectivity index (χ0n) is 14.6. The van der Waals surface area contributed by atoms with Crippen molar-refractivity contribution in [2.75, 3.05) is 4.72 Å². The first kappa shape index (κ1) is 17.2. The zero-order valence-corrected chi connectivity index (χ0v) is 15.4. The van der Waals surface area contributed by atoms with Crippen LogP contribution in [0.15, 0.2) is 51.9 Å². The summed E-state index contributed by atoms with van der Waals surface area (Å²) in [5.41, 5.74) is 4.77. The molecule has 0 saturated heterocycles. The number of hydrogen-bond acceptors (Lipinski definition) is 4. The van der Waals surface area contributed by atoms with E-state index in [1.165, 1.54) is 0 Å². The molecule has 2 aromatic carbocycles. The Labute approximate surface area is 147 Å². The van der Waals surface area contributed by atoms with E-state index in [0.717, 1.165) is 16.8 Å². The van der Waals surface area contributed by atoms with Gasteiger partial charge in [0.2, 0.25) is 0 Å². The van der Waals surface area contributed by atoms with Gasteiger partial charge in [-0.3, -0.25) is 4.72 Å². The first-order valence-electron chi connectivity index (χ1n) is 7.91. The number of nitrogens with zero attached hydrogens (tertiary/aromatic N) is 1. The minimum Gasteiger partial charge on any atom is -0.356 e. The SMILES string of the molecule is Cc1cc(-c2ccc(C)c(S(=O)(=O)Nc3ccc(C)c(C)c3)c2)on1. The number of benzene rings is 2. The lowest BCUT2D eigenvalue weighted by Gasteiger charge is -2.12. The zero-order chi connectivity index (χ0) is 18.2. The van der Waals surface area contributed by atoms with Crippen LogP contribution in [0.4, 0.5) is 5.69 Å². The van der Waals surface area contributed by atoms with Crippen molar-refractivity contribution in [1.82, 2.24) is 5.16 Å². The van der Waals surface area contributed by atoms with Gasteiger partial charge in [-0.05, 0) is 62.6 Å². The Morgan fingerprint density at radius 3 is 2.24 bits per heavy atom. The number of nitrogens with one attached hydrogen (secondary N) is 1. The van der Waals surface area contributed by atoms with Crippen LogP contribution in [-0.2, 0) is 10.0 Å². The second-order valence-corrected chi connectivity index (χ2v) is 7.87. The molecular formula is C19H20N2O3S. The van der Waals surface area contributed by atoms with Crippen LogP contribution in [0.2, 0.25) is 0 Å². The average Bonchev–Trinajstić information content (AvgIpc) is 2.97. The molecule has 0 radical (unpaired) electrons. The number of anilines is 1. The van der Waals surface area contributed by atoms with Crippen molar-refractivity contribution in [3.05, 3.63) is 64.8 Å². The van der Waals surface area contributed by atoms with Gasteiger partial charge in [0.15, 0.2) is 5.76 Å². The van der Waals surface area contributed by atoms with Crippen molar-refractivity contribution < 1.29 is 12.9 Å². The van der Waals surface area contributed by atoms with E-state index in [1.807, 2.05) is 39.0 Å². The number of sulfonamides is 1. The van der Waals surface area contributed by atoms with E-state index in [1.54, 1.807) is 31.2 Å². The minimum absolute atomic E-state index is 0.220. The van der Waals surface area contributed by atoms with Crippen molar-refractivity contribution in [2.24, 2.45) is 0 Å². The summed E-state index contributed by atoms with van der Waals surface area (Å²) in [5.74, 6) is 0.542. The molecule has 5 nitrogen and oxygen atoms in total. The van der Waals surface area contributed by atoms with Crippen LogP contribution in [0.25, 0.3) is 11.3 Å². The van der Waals surface area contributed by atoms with E-state index < -0.39 is 10.0 Å². The molecule has 1 heterocycles. The first-order valence-corrected chi connectivity index (χ1v) is 9.39. The summed E-state index contributed by atoms with van der Waals surface area (Å²) in [4.78, 5) is 0.220. The van der Waals surface area contributed by atoms with E-state index in [2.05, 4.69) is 9.88 Å². The summed E-state index contributed by atoms with van der Waals surface area (Å²) in [6.45, 7) is 7.52. The molecule has 0 fully saturated rings. The predicted octanol–water partition coefficient (Wildman–Crippen LogP) is 4.38. The molecule has 3 rings (SSSR count). The van der Waals surface area contributed by atoms with Crippen LogP contribution in [-0.4, -0.2) is 13.6 Å². The summed E-state index contributed by atoms with van der Waals surface area (Å²) in [5, 5.41) is 3.85. The van der Waals surface area contributed by atoms with Crippen molar-refractivity contribution in [1.29, 1.82) is 0 Å². The molecule has 0 spiro atoms. The molecule has 0 aliphatic rings. The minimum atomic E-state index is -3.71. The third kappa shape index (κ3) is 3.58. The topological polar surface area (TPSA) is 72.2 Å². The van der Waals surface area contributed by atoms with Gasteiger partial charge in [0.05, 0.1) is 10.6 Å². The molecular weight excluding hydrogens is 336 g/mol. The predicted molar refractivity (Wildman–Crippen MR) is 98.1 cm³/mol. The number of hydrogen-bond donors (Lipinski definition) is 1.